The van der Waals surface area contributed by atoms with Crippen molar-refractivity contribution in [2.24, 2.45) is 0 Å². The van der Waals surface area contributed by atoms with Gasteiger partial charge >= 0.3 is 5.84 Å². The molecule has 0 unspecified atom stereocenters. The Morgan fingerprint density at radius 1 is 1.00 bits per heavy atom. The molecule has 0 saturated carbocycles. The van der Waals surface area contributed by atoms with Gasteiger partial charge in [-0.15, -0.1) is 4.74 Å². The summed E-state index contributed by atoms with van der Waals surface area (Å²) in [5.74, 6) is 0.257. The van der Waals surface area contributed by atoms with Gasteiger partial charge in [0.05, 0.1) is 11.8 Å². The number of hydroxylamine groups is 2. The van der Waals surface area contributed by atoms with E-state index in [0.717, 1.165) is 5.56 Å². The monoisotopic (exact) mass is 270 g/mol. The summed E-state index contributed by atoms with van der Waals surface area (Å²) in [6.45, 7) is 3.45. The quantitative estimate of drug-likeness (QED) is 0.621. The SMILES string of the molecule is CC1(C)C(c2ccccc2)=[N+]([O-])C(c2ccco2)=[N+]1[O-]. The van der Waals surface area contributed by atoms with Crippen LogP contribution in [0.4, 0.5) is 0 Å². The van der Waals surface area contributed by atoms with E-state index in [9.17, 15) is 10.4 Å². The van der Waals surface area contributed by atoms with Crippen LogP contribution in [0.3, 0.4) is 0 Å². The molecule has 1 aliphatic rings. The molecule has 1 aromatic heterocycles. The summed E-state index contributed by atoms with van der Waals surface area (Å²) in [6.07, 6.45) is 1.44. The van der Waals surface area contributed by atoms with Crippen LogP contribution in [0.5, 0.6) is 0 Å². The van der Waals surface area contributed by atoms with Gasteiger partial charge in [0, 0.05) is 13.8 Å². The van der Waals surface area contributed by atoms with E-state index in [-0.39, 0.29) is 11.6 Å². The summed E-state index contributed by atoms with van der Waals surface area (Å²) in [5.41, 5.74) is 0.194. The van der Waals surface area contributed by atoms with E-state index < -0.39 is 5.54 Å². The minimum absolute atomic E-state index is 0.0150. The Labute approximate surface area is 116 Å². The van der Waals surface area contributed by atoms with Crippen molar-refractivity contribution in [1.29, 1.82) is 0 Å². The topological polar surface area (TPSA) is 65.3 Å². The Kier molecular flexibility index (Phi) is 2.64. The number of amidine groups is 1. The average Bonchev–Trinajstić information content (AvgIpc) is 2.98. The van der Waals surface area contributed by atoms with Crippen LogP contribution in [-0.2, 0) is 0 Å². The minimum Gasteiger partial charge on any atom is -0.618 e. The third-order valence-corrected chi connectivity index (χ3v) is 3.46. The standard InChI is InChI=1S/C15H14N2O3/c1-15(2)13(11-7-4-3-5-8-11)16(18)14(17(15)19)12-9-6-10-20-12/h3-10H,1-2H3. The van der Waals surface area contributed by atoms with E-state index in [1.807, 2.05) is 30.3 Å². The number of benzene rings is 1. The van der Waals surface area contributed by atoms with Crippen molar-refractivity contribution in [3.8, 4) is 0 Å². The lowest BCUT2D eigenvalue weighted by atomic mass is 9.93. The Hall–Kier alpha value is -2.56. The second-order valence-electron chi connectivity index (χ2n) is 5.16. The first-order valence-corrected chi connectivity index (χ1v) is 6.32. The number of furan rings is 1. The van der Waals surface area contributed by atoms with Crippen LogP contribution < -0.4 is 0 Å². The van der Waals surface area contributed by atoms with Crippen molar-refractivity contribution in [3.05, 3.63) is 70.5 Å². The zero-order valence-corrected chi connectivity index (χ0v) is 11.2. The molecule has 0 saturated heterocycles. The first-order valence-electron chi connectivity index (χ1n) is 6.32. The van der Waals surface area contributed by atoms with Crippen LogP contribution >= 0.6 is 0 Å². The lowest BCUT2D eigenvalue weighted by molar-refractivity contribution is -0.531. The van der Waals surface area contributed by atoms with Crippen LogP contribution in [0.25, 0.3) is 0 Å². The van der Waals surface area contributed by atoms with Crippen LogP contribution in [0, 0.1) is 10.4 Å². The lowest BCUT2D eigenvalue weighted by Gasteiger charge is -2.15. The summed E-state index contributed by atoms with van der Waals surface area (Å²) < 4.78 is 6.58. The second kappa shape index (κ2) is 4.23. The van der Waals surface area contributed by atoms with E-state index in [1.54, 1.807) is 26.0 Å². The highest BCUT2D eigenvalue weighted by atomic mass is 16.5. The van der Waals surface area contributed by atoms with Crippen LogP contribution in [0.2, 0.25) is 0 Å². The first kappa shape index (κ1) is 12.5. The molecule has 3 rings (SSSR count). The molecule has 0 bridgehead atoms. The number of hydrogen-bond donors (Lipinski definition) is 0. The van der Waals surface area contributed by atoms with Gasteiger partial charge in [-0.1, -0.05) is 22.9 Å². The molecule has 0 atom stereocenters. The normalized spacial score (nSPS) is 17.9. The highest BCUT2D eigenvalue weighted by molar-refractivity contribution is 6.08. The highest BCUT2D eigenvalue weighted by Crippen LogP contribution is 2.25. The molecule has 20 heavy (non-hydrogen) atoms. The van der Waals surface area contributed by atoms with E-state index in [2.05, 4.69) is 0 Å². The van der Waals surface area contributed by atoms with Gasteiger partial charge in [-0.25, -0.2) is 0 Å². The van der Waals surface area contributed by atoms with Crippen LogP contribution in [0.15, 0.2) is 53.1 Å². The van der Waals surface area contributed by atoms with Gasteiger partial charge in [-0.3, -0.25) is 0 Å². The van der Waals surface area contributed by atoms with Crippen molar-refractivity contribution < 1.29 is 13.9 Å². The molecule has 1 aliphatic heterocycles. The second-order valence-corrected chi connectivity index (χ2v) is 5.16. The number of rotatable bonds is 2. The van der Waals surface area contributed by atoms with Gasteiger partial charge in [0.1, 0.15) is 0 Å². The minimum atomic E-state index is -0.953. The molecule has 5 heteroatoms. The molecule has 5 nitrogen and oxygen atoms in total. The number of nitrogens with zero attached hydrogens (tertiary/aromatic N) is 2. The van der Waals surface area contributed by atoms with Crippen LogP contribution in [-0.4, -0.2) is 26.6 Å². The summed E-state index contributed by atoms with van der Waals surface area (Å²) in [4.78, 5) is 0. The van der Waals surface area contributed by atoms with Crippen molar-refractivity contribution >= 4 is 11.5 Å². The Balaban J connectivity index is 2.22. The Morgan fingerprint density at radius 3 is 2.30 bits per heavy atom. The molecule has 0 spiro atoms. The van der Waals surface area contributed by atoms with E-state index in [0.29, 0.717) is 15.2 Å². The molecule has 0 aliphatic carbocycles. The van der Waals surface area contributed by atoms with Crippen molar-refractivity contribution in [3.63, 3.8) is 0 Å². The summed E-state index contributed by atoms with van der Waals surface area (Å²) >= 11 is 0. The highest BCUT2D eigenvalue weighted by Gasteiger charge is 2.53. The maximum absolute atomic E-state index is 12.6. The molecular formula is C15H14N2O3. The smallest absolute Gasteiger partial charge is 0.505 e. The summed E-state index contributed by atoms with van der Waals surface area (Å²) in [6, 6.07) is 12.4. The summed E-state index contributed by atoms with van der Waals surface area (Å²) in [7, 11) is 0. The molecule has 0 radical (unpaired) electrons. The third kappa shape index (κ3) is 1.63. The molecule has 0 amide bonds. The van der Waals surface area contributed by atoms with E-state index in [4.69, 9.17) is 4.42 Å². The van der Waals surface area contributed by atoms with Gasteiger partial charge in [-0.05, 0) is 24.3 Å². The fraction of sp³-hybridized carbons (Fsp3) is 0.200. The average molecular weight is 270 g/mol. The maximum atomic E-state index is 12.6. The Bertz CT molecular complexity index is 698. The molecule has 2 aromatic rings. The molecule has 0 N–H and O–H groups in total. The van der Waals surface area contributed by atoms with Gasteiger partial charge in [0.2, 0.25) is 0 Å². The molecule has 0 fully saturated rings. The largest absolute Gasteiger partial charge is 0.618 e. The summed E-state index contributed by atoms with van der Waals surface area (Å²) in [5, 5.41) is 25.0. The van der Waals surface area contributed by atoms with Crippen molar-refractivity contribution in [1.82, 2.24) is 0 Å². The van der Waals surface area contributed by atoms with Gasteiger partial charge < -0.3 is 14.8 Å². The van der Waals surface area contributed by atoms with Gasteiger partial charge in [0.25, 0.3) is 17.0 Å². The zero-order valence-electron chi connectivity index (χ0n) is 11.2. The fourth-order valence-electron chi connectivity index (χ4n) is 2.47. The first-order chi connectivity index (χ1) is 9.53. The van der Waals surface area contributed by atoms with Crippen molar-refractivity contribution in [2.45, 2.75) is 19.4 Å². The molecule has 102 valence electrons. The van der Waals surface area contributed by atoms with Crippen LogP contribution in [0.1, 0.15) is 25.2 Å². The van der Waals surface area contributed by atoms with E-state index >= 15 is 0 Å². The number of hydrogen-bond acceptors (Lipinski definition) is 3. The van der Waals surface area contributed by atoms with Gasteiger partial charge in [0.15, 0.2) is 0 Å². The third-order valence-electron chi connectivity index (χ3n) is 3.46. The van der Waals surface area contributed by atoms with Crippen molar-refractivity contribution in [2.75, 3.05) is 0 Å². The lowest BCUT2D eigenvalue weighted by Crippen LogP contribution is -2.39. The predicted octanol–water partition coefficient (Wildman–Crippen LogP) is 2.33. The fourth-order valence-corrected chi connectivity index (χ4v) is 2.47. The molecule has 2 heterocycles. The zero-order chi connectivity index (χ0) is 14.3. The Morgan fingerprint density at radius 2 is 1.70 bits per heavy atom. The predicted molar refractivity (Wildman–Crippen MR) is 74.7 cm³/mol. The maximum Gasteiger partial charge on any atom is 0.505 e. The van der Waals surface area contributed by atoms with Gasteiger partial charge in [-0.2, -0.15) is 0 Å². The van der Waals surface area contributed by atoms with E-state index in [1.165, 1.54) is 6.26 Å². The molecular weight excluding hydrogens is 256 g/mol. The molecule has 1 aromatic carbocycles.